The third-order valence-electron chi connectivity index (χ3n) is 2.92. The summed E-state index contributed by atoms with van der Waals surface area (Å²) in [4.78, 5) is 2.09. The lowest BCUT2D eigenvalue weighted by atomic mass is 10.1. The van der Waals surface area contributed by atoms with Crippen molar-refractivity contribution in [1.82, 2.24) is 0 Å². The van der Waals surface area contributed by atoms with Crippen molar-refractivity contribution in [3.05, 3.63) is 23.8 Å². The summed E-state index contributed by atoms with van der Waals surface area (Å²) in [5.74, 6) is 0.213. The number of phenolic OH excluding ortho intramolecular Hbond substituents is 1. The van der Waals surface area contributed by atoms with Crippen molar-refractivity contribution in [2.75, 3.05) is 11.4 Å². The first-order valence-corrected chi connectivity index (χ1v) is 6.19. The van der Waals surface area contributed by atoms with E-state index in [1.807, 2.05) is 19.1 Å². The van der Waals surface area contributed by atoms with Gasteiger partial charge in [0.15, 0.2) is 0 Å². The lowest BCUT2D eigenvalue weighted by molar-refractivity contribution is 0.463. The second kappa shape index (κ2) is 6.27. The number of nitrogens with two attached hydrogens (primary N) is 1. The largest absolute Gasteiger partial charge is 0.508 e. The fourth-order valence-corrected chi connectivity index (χ4v) is 1.95. The number of nitrogens with zero attached hydrogens (tertiary/aromatic N) is 2. The molecule has 0 saturated heterocycles. The fraction of sp³-hybridized carbons (Fsp3) is 0.500. The van der Waals surface area contributed by atoms with E-state index in [0.29, 0.717) is 13.0 Å². The molecule has 1 aromatic rings. The maximum atomic E-state index is 9.95. The van der Waals surface area contributed by atoms with E-state index in [4.69, 9.17) is 11.0 Å². The highest BCUT2D eigenvalue weighted by Gasteiger charge is 2.13. The van der Waals surface area contributed by atoms with Crippen molar-refractivity contribution in [1.29, 1.82) is 5.26 Å². The Kier molecular flexibility index (Phi) is 4.99. The van der Waals surface area contributed by atoms with Crippen LogP contribution >= 0.6 is 0 Å². The molecule has 18 heavy (non-hydrogen) atoms. The van der Waals surface area contributed by atoms with E-state index in [1.165, 1.54) is 0 Å². The van der Waals surface area contributed by atoms with Crippen molar-refractivity contribution in [3.8, 4) is 11.8 Å². The molecule has 0 aliphatic heterocycles. The predicted molar refractivity (Wildman–Crippen MR) is 73.4 cm³/mol. The Morgan fingerprint density at radius 2 is 2.06 bits per heavy atom. The first-order chi connectivity index (χ1) is 8.47. The number of rotatable bonds is 5. The highest BCUT2D eigenvalue weighted by molar-refractivity contribution is 5.54. The maximum Gasteiger partial charge on any atom is 0.122 e. The molecule has 1 aromatic carbocycles. The monoisotopic (exact) mass is 247 g/mol. The Balaban J connectivity index is 3.00. The minimum Gasteiger partial charge on any atom is -0.508 e. The van der Waals surface area contributed by atoms with Gasteiger partial charge >= 0.3 is 0 Å². The molecular weight excluding hydrogens is 226 g/mol. The Labute approximate surface area is 109 Å². The van der Waals surface area contributed by atoms with E-state index in [0.717, 1.165) is 11.3 Å². The first-order valence-electron chi connectivity index (χ1n) is 6.19. The SMILES string of the molecule is CC(N)c1ccc(N(CCC#N)C(C)C)cc1O. The summed E-state index contributed by atoms with van der Waals surface area (Å²) in [6.45, 7) is 6.62. The van der Waals surface area contributed by atoms with Gasteiger partial charge in [0, 0.05) is 35.9 Å². The van der Waals surface area contributed by atoms with Gasteiger partial charge < -0.3 is 15.7 Å². The number of aromatic hydroxyl groups is 1. The van der Waals surface area contributed by atoms with Gasteiger partial charge in [-0.25, -0.2) is 0 Å². The minimum atomic E-state index is -0.189. The number of phenols is 1. The van der Waals surface area contributed by atoms with Crippen LogP contribution in [-0.2, 0) is 0 Å². The number of hydrogen-bond donors (Lipinski definition) is 2. The molecule has 3 N–H and O–H groups in total. The number of benzene rings is 1. The molecule has 0 spiro atoms. The van der Waals surface area contributed by atoms with Crippen LogP contribution in [0.15, 0.2) is 18.2 Å². The molecule has 0 aliphatic rings. The summed E-state index contributed by atoms with van der Waals surface area (Å²) >= 11 is 0. The third-order valence-corrected chi connectivity index (χ3v) is 2.92. The molecule has 1 unspecified atom stereocenters. The molecule has 1 rings (SSSR count). The van der Waals surface area contributed by atoms with Gasteiger partial charge in [-0.15, -0.1) is 0 Å². The molecule has 0 heterocycles. The van der Waals surface area contributed by atoms with Gasteiger partial charge in [0.1, 0.15) is 5.75 Å². The van der Waals surface area contributed by atoms with Crippen LogP contribution in [0.4, 0.5) is 5.69 Å². The third kappa shape index (κ3) is 3.38. The zero-order valence-corrected chi connectivity index (χ0v) is 11.2. The molecule has 0 fully saturated rings. The van der Waals surface area contributed by atoms with Crippen molar-refractivity contribution < 1.29 is 5.11 Å². The molecule has 0 saturated carbocycles. The van der Waals surface area contributed by atoms with Gasteiger partial charge in [-0.3, -0.25) is 0 Å². The van der Waals surface area contributed by atoms with E-state index in [-0.39, 0.29) is 17.8 Å². The quantitative estimate of drug-likeness (QED) is 0.838. The van der Waals surface area contributed by atoms with Crippen LogP contribution < -0.4 is 10.6 Å². The predicted octanol–water partition coefficient (Wildman–Crippen LogP) is 2.54. The number of anilines is 1. The maximum absolute atomic E-state index is 9.95. The van der Waals surface area contributed by atoms with Crippen molar-refractivity contribution >= 4 is 5.69 Å². The molecule has 0 amide bonds. The molecule has 98 valence electrons. The van der Waals surface area contributed by atoms with Crippen molar-refractivity contribution in [3.63, 3.8) is 0 Å². The van der Waals surface area contributed by atoms with Crippen molar-refractivity contribution in [2.24, 2.45) is 5.73 Å². The van der Waals surface area contributed by atoms with Gasteiger partial charge in [-0.1, -0.05) is 6.07 Å². The Morgan fingerprint density at radius 1 is 1.39 bits per heavy atom. The molecule has 0 bridgehead atoms. The lowest BCUT2D eigenvalue weighted by Gasteiger charge is -2.28. The van der Waals surface area contributed by atoms with Crippen LogP contribution in [0.2, 0.25) is 0 Å². The second-order valence-corrected chi connectivity index (χ2v) is 4.73. The van der Waals surface area contributed by atoms with Crippen LogP contribution in [-0.4, -0.2) is 17.7 Å². The summed E-state index contributed by atoms with van der Waals surface area (Å²) in [5, 5.41) is 18.6. The van der Waals surface area contributed by atoms with Crippen LogP contribution in [0, 0.1) is 11.3 Å². The van der Waals surface area contributed by atoms with E-state index in [1.54, 1.807) is 6.07 Å². The molecule has 0 aromatic heterocycles. The second-order valence-electron chi connectivity index (χ2n) is 4.73. The van der Waals surface area contributed by atoms with E-state index in [9.17, 15) is 5.11 Å². The van der Waals surface area contributed by atoms with Gasteiger partial charge in [0.2, 0.25) is 0 Å². The van der Waals surface area contributed by atoms with Crippen LogP contribution in [0.3, 0.4) is 0 Å². The van der Waals surface area contributed by atoms with Crippen molar-refractivity contribution in [2.45, 2.75) is 39.3 Å². The Bertz CT molecular complexity index is 435. The van der Waals surface area contributed by atoms with E-state index < -0.39 is 0 Å². The molecule has 1 atom stereocenters. The van der Waals surface area contributed by atoms with Crippen LogP contribution in [0.5, 0.6) is 5.75 Å². The topological polar surface area (TPSA) is 73.3 Å². The summed E-state index contributed by atoms with van der Waals surface area (Å²) < 4.78 is 0. The first kappa shape index (κ1) is 14.3. The molecule has 0 radical (unpaired) electrons. The summed E-state index contributed by atoms with van der Waals surface area (Å²) in [6, 6.07) is 7.73. The molecule has 4 nitrogen and oxygen atoms in total. The van der Waals surface area contributed by atoms with Gasteiger partial charge in [0.05, 0.1) is 12.5 Å². The van der Waals surface area contributed by atoms with E-state index in [2.05, 4.69) is 24.8 Å². The summed E-state index contributed by atoms with van der Waals surface area (Å²) in [5.41, 5.74) is 7.42. The minimum absolute atomic E-state index is 0.189. The zero-order valence-electron chi connectivity index (χ0n) is 11.2. The number of nitriles is 1. The standard InChI is InChI=1S/C14H21N3O/c1-10(2)17(8-4-7-15)12-5-6-13(11(3)16)14(18)9-12/h5-6,9-11,18H,4,8,16H2,1-3H3. The molecular formula is C14H21N3O. The number of hydrogen-bond acceptors (Lipinski definition) is 4. The van der Waals surface area contributed by atoms with Crippen LogP contribution in [0.25, 0.3) is 0 Å². The normalized spacial score (nSPS) is 12.2. The molecule has 0 aliphatic carbocycles. The average Bonchev–Trinajstić information content (AvgIpc) is 2.28. The summed E-state index contributed by atoms with van der Waals surface area (Å²) in [6.07, 6.45) is 0.466. The summed E-state index contributed by atoms with van der Waals surface area (Å²) in [7, 11) is 0. The average molecular weight is 247 g/mol. The fourth-order valence-electron chi connectivity index (χ4n) is 1.95. The highest BCUT2D eigenvalue weighted by Crippen LogP contribution is 2.29. The smallest absolute Gasteiger partial charge is 0.122 e. The lowest BCUT2D eigenvalue weighted by Crippen LogP contribution is -2.31. The molecule has 4 heteroatoms. The Morgan fingerprint density at radius 3 is 2.50 bits per heavy atom. The highest BCUT2D eigenvalue weighted by atomic mass is 16.3. The van der Waals surface area contributed by atoms with E-state index >= 15 is 0 Å². The van der Waals surface area contributed by atoms with Gasteiger partial charge in [-0.05, 0) is 26.8 Å². The van der Waals surface area contributed by atoms with Gasteiger partial charge in [-0.2, -0.15) is 5.26 Å². The Hall–Kier alpha value is -1.73. The van der Waals surface area contributed by atoms with Gasteiger partial charge in [0.25, 0.3) is 0 Å². The van der Waals surface area contributed by atoms with Crippen LogP contribution in [0.1, 0.15) is 38.8 Å². The zero-order chi connectivity index (χ0) is 13.7.